The van der Waals surface area contributed by atoms with Crippen LogP contribution in [0.1, 0.15) is 11.7 Å². The predicted molar refractivity (Wildman–Crippen MR) is 160 cm³/mol. The van der Waals surface area contributed by atoms with Crippen LogP contribution in [0.4, 0.5) is 17.1 Å². The summed E-state index contributed by atoms with van der Waals surface area (Å²) in [5.74, 6) is 0.707. The molecule has 0 amide bonds. The maximum atomic E-state index is 5.04. The van der Waals surface area contributed by atoms with Crippen LogP contribution in [0.3, 0.4) is 0 Å². The highest BCUT2D eigenvalue weighted by molar-refractivity contribution is 5.83. The number of nitrogens with zero attached hydrogens (tertiary/aromatic N) is 3. The average Bonchev–Trinajstić information content (AvgIpc) is 3.42. The first-order valence-corrected chi connectivity index (χ1v) is 13.1. The first-order valence-electron chi connectivity index (χ1n) is 13.1. The molecule has 1 atom stereocenters. The van der Waals surface area contributed by atoms with Crippen molar-refractivity contribution in [3.8, 4) is 33.9 Å². The van der Waals surface area contributed by atoms with Crippen molar-refractivity contribution in [2.45, 2.75) is 6.17 Å². The number of hydrogen-bond acceptors (Lipinski definition) is 4. The largest absolute Gasteiger partial charge is 0.359 e. The summed E-state index contributed by atoms with van der Waals surface area (Å²) in [6.07, 6.45) is -0.0596. The maximum Gasteiger partial charge on any atom is 0.160 e. The lowest BCUT2D eigenvalue weighted by molar-refractivity contribution is 0.828. The van der Waals surface area contributed by atoms with Crippen LogP contribution < -0.4 is 10.2 Å². The second kappa shape index (κ2) is 9.92. The van der Waals surface area contributed by atoms with Crippen molar-refractivity contribution < 1.29 is 0 Å². The van der Waals surface area contributed by atoms with Gasteiger partial charge in [-0.1, -0.05) is 109 Å². The minimum atomic E-state index is -0.0596. The van der Waals surface area contributed by atoms with Gasteiger partial charge in [0.25, 0.3) is 0 Å². The van der Waals surface area contributed by atoms with E-state index in [-0.39, 0.29) is 6.17 Å². The molecule has 2 heterocycles. The third-order valence-electron chi connectivity index (χ3n) is 7.07. The number of rotatable bonds is 5. The SMILES string of the molecule is c1ccc(-c2cc(-c3ccccc3)nc(-c3cccc(C4Nc5ccccc5N4c4ccccc4)c3)n2)cc1. The second-order valence-corrected chi connectivity index (χ2v) is 9.59. The monoisotopic (exact) mass is 502 g/mol. The standard InChI is InChI=1S/C35H26N4/c1-4-13-25(14-5-1)31-24-32(26-15-6-2-7-16-26)37-34(36-31)27-17-12-18-28(23-27)35-38-30-21-10-11-22-33(30)39(35)29-19-8-3-9-20-29/h1-24,35,38H. The molecule has 7 rings (SSSR count). The molecule has 39 heavy (non-hydrogen) atoms. The third-order valence-corrected chi connectivity index (χ3v) is 7.07. The number of nitrogens with one attached hydrogen (secondary N) is 1. The molecule has 0 bridgehead atoms. The fraction of sp³-hybridized carbons (Fsp3) is 0.0286. The molecule has 1 aliphatic rings. The number of benzene rings is 5. The molecular formula is C35H26N4. The van der Waals surface area contributed by atoms with Crippen LogP contribution in [0.15, 0.2) is 146 Å². The molecule has 0 aliphatic carbocycles. The normalized spacial score (nSPS) is 14.1. The highest BCUT2D eigenvalue weighted by atomic mass is 15.3. The van der Waals surface area contributed by atoms with Crippen LogP contribution in [0.5, 0.6) is 0 Å². The van der Waals surface area contributed by atoms with E-state index in [0.29, 0.717) is 5.82 Å². The molecule has 4 nitrogen and oxygen atoms in total. The molecule has 0 radical (unpaired) electrons. The van der Waals surface area contributed by atoms with E-state index in [1.807, 2.05) is 36.4 Å². The molecule has 0 saturated heterocycles. The van der Waals surface area contributed by atoms with E-state index in [2.05, 4.69) is 119 Å². The summed E-state index contributed by atoms with van der Waals surface area (Å²) >= 11 is 0. The first kappa shape index (κ1) is 22.9. The molecule has 0 spiro atoms. The van der Waals surface area contributed by atoms with Crippen LogP contribution in [-0.4, -0.2) is 9.97 Å². The number of aromatic nitrogens is 2. The number of para-hydroxylation sites is 3. The van der Waals surface area contributed by atoms with Gasteiger partial charge in [0.1, 0.15) is 6.17 Å². The van der Waals surface area contributed by atoms with Gasteiger partial charge in [-0.2, -0.15) is 0 Å². The smallest absolute Gasteiger partial charge is 0.160 e. The Kier molecular flexibility index (Phi) is 5.83. The van der Waals surface area contributed by atoms with Crippen molar-refractivity contribution in [1.29, 1.82) is 0 Å². The van der Waals surface area contributed by atoms with E-state index < -0.39 is 0 Å². The number of anilines is 3. The van der Waals surface area contributed by atoms with Gasteiger partial charge in [0.2, 0.25) is 0 Å². The molecule has 1 unspecified atom stereocenters. The zero-order chi connectivity index (χ0) is 26.0. The fourth-order valence-corrected chi connectivity index (χ4v) is 5.20. The molecule has 1 N–H and O–H groups in total. The predicted octanol–water partition coefficient (Wildman–Crippen LogP) is 8.74. The Bertz CT molecular complexity index is 1680. The zero-order valence-corrected chi connectivity index (χ0v) is 21.3. The quantitative estimate of drug-likeness (QED) is 0.256. The van der Waals surface area contributed by atoms with Crippen LogP contribution in [0, 0.1) is 0 Å². The van der Waals surface area contributed by atoms with Gasteiger partial charge in [0.05, 0.1) is 22.8 Å². The lowest BCUT2D eigenvalue weighted by Gasteiger charge is -2.27. The Hall–Kier alpha value is -5.22. The molecular weight excluding hydrogens is 476 g/mol. The summed E-state index contributed by atoms with van der Waals surface area (Å²) in [4.78, 5) is 12.4. The summed E-state index contributed by atoms with van der Waals surface area (Å²) in [7, 11) is 0. The van der Waals surface area contributed by atoms with E-state index in [4.69, 9.17) is 9.97 Å². The van der Waals surface area contributed by atoms with Crippen LogP contribution in [-0.2, 0) is 0 Å². The van der Waals surface area contributed by atoms with E-state index in [0.717, 1.165) is 50.7 Å². The molecule has 0 saturated carbocycles. The van der Waals surface area contributed by atoms with Crippen molar-refractivity contribution in [3.05, 3.63) is 151 Å². The average molecular weight is 503 g/mol. The summed E-state index contributed by atoms with van der Waals surface area (Å²) in [6.45, 7) is 0. The van der Waals surface area contributed by atoms with E-state index >= 15 is 0 Å². The lowest BCUT2D eigenvalue weighted by atomic mass is 10.0. The highest BCUT2D eigenvalue weighted by Gasteiger charge is 2.31. The molecule has 1 aliphatic heterocycles. The summed E-state index contributed by atoms with van der Waals surface area (Å²) in [5.41, 5.74) is 9.48. The molecule has 0 fully saturated rings. The Morgan fingerprint density at radius 2 is 1.08 bits per heavy atom. The van der Waals surface area contributed by atoms with Gasteiger partial charge < -0.3 is 10.2 Å². The maximum absolute atomic E-state index is 5.04. The van der Waals surface area contributed by atoms with Crippen molar-refractivity contribution in [1.82, 2.24) is 9.97 Å². The topological polar surface area (TPSA) is 41.1 Å². The highest BCUT2D eigenvalue weighted by Crippen LogP contribution is 2.46. The second-order valence-electron chi connectivity index (χ2n) is 9.59. The van der Waals surface area contributed by atoms with Gasteiger partial charge in [0.15, 0.2) is 5.82 Å². The van der Waals surface area contributed by atoms with Crippen molar-refractivity contribution >= 4 is 17.1 Å². The zero-order valence-electron chi connectivity index (χ0n) is 21.3. The Balaban J connectivity index is 1.34. The summed E-state index contributed by atoms with van der Waals surface area (Å²) in [5, 5.41) is 3.74. The Labute approximate surface area is 228 Å². The van der Waals surface area contributed by atoms with E-state index in [1.165, 1.54) is 0 Å². The Morgan fingerprint density at radius 1 is 0.513 bits per heavy atom. The summed E-state index contributed by atoms with van der Waals surface area (Å²) in [6, 6.07) is 50.2. The van der Waals surface area contributed by atoms with E-state index in [9.17, 15) is 0 Å². The van der Waals surface area contributed by atoms with Crippen molar-refractivity contribution in [3.63, 3.8) is 0 Å². The minimum Gasteiger partial charge on any atom is -0.359 e. The first-order chi connectivity index (χ1) is 19.3. The van der Waals surface area contributed by atoms with Gasteiger partial charge in [-0.15, -0.1) is 0 Å². The Morgan fingerprint density at radius 3 is 1.74 bits per heavy atom. The molecule has 5 aromatic carbocycles. The molecule has 4 heteroatoms. The number of hydrogen-bond donors (Lipinski definition) is 1. The lowest BCUT2D eigenvalue weighted by Crippen LogP contribution is -2.23. The van der Waals surface area contributed by atoms with Gasteiger partial charge in [-0.25, -0.2) is 9.97 Å². The van der Waals surface area contributed by atoms with Gasteiger partial charge in [-0.05, 0) is 42.0 Å². The molecule has 6 aromatic rings. The minimum absolute atomic E-state index is 0.0596. The van der Waals surface area contributed by atoms with Gasteiger partial charge in [-0.3, -0.25) is 0 Å². The van der Waals surface area contributed by atoms with Crippen molar-refractivity contribution in [2.24, 2.45) is 0 Å². The fourth-order valence-electron chi connectivity index (χ4n) is 5.20. The molecule has 186 valence electrons. The summed E-state index contributed by atoms with van der Waals surface area (Å²) < 4.78 is 0. The number of fused-ring (bicyclic) bond motifs is 1. The van der Waals surface area contributed by atoms with E-state index in [1.54, 1.807) is 0 Å². The van der Waals surface area contributed by atoms with Crippen LogP contribution >= 0.6 is 0 Å². The van der Waals surface area contributed by atoms with Crippen molar-refractivity contribution in [2.75, 3.05) is 10.2 Å². The van der Waals surface area contributed by atoms with Crippen LogP contribution in [0.2, 0.25) is 0 Å². The molecule has 1 aromatic heterocycles. The third kappa shape index (κ3) is 4.42. The van der Waals surface area contributed by atoms with Gasteiger partial charge in [0, 0.05) is 22.4 Å². The van der Waals surface area contributed by atoms with Crippen LogP contribution in [0.25, 0.3) is 33.9 Å². The van der Waals surface area contributed by atoms with Gasteiger partial charge >= 0.3 is 0 Å².